The van der Waals surface area contributed by atoms with Crippen LogP contribution in [0.1, 0.15) is 44.3 Å². The molecule has 1 atom stereocenters. The fourth-order valence-electron chi connectivity index (χ4n) is 3.27. The number of piperidine rings is 1. The van der Waals surface area contributed by atoms with Crippen LogP contribution in [0.3, 0.4) is 0 Å². The minimum Gasteiger partial charge on any atom is -0.461 e. The minimum absolute atomic E-state index is 0.0399. The van der Waals surface area contributed by atoms with Gasteiger partial charge >= 0.3 is 0 Å². The van der Waals surface area contributed by atoms with Gasteiger partial charge in [-0.3, -0.25) is 4.79 Å². The Morgan fingerprint density at radius 1 is 1.48 bits per heavy atom. The van der Waals surface area contributed by atoms with E-state index in [1.165, 1.54) is 0 Å². The van der Waals surface area contributed by atoms with Crippen LogP contribution in [0.25, 0.3) is 11.6 Å². The lowest BCUT2D eigenvalue weighted by Crippen LogP contribution is -2.41. The van der Waals surface area contributed by atoms with Crippen molar-refractivity contribution >= 4 is 5.91 Å². The number of nitrogens with zero attached hydrogens (tertiary/aromatic N) is 4. The third-order valence-electron chi connectivity index (χ3n) is 4.57. The molecule has 0 radical (unpaired) electrons. The van der Waals surface area contributed by atoms with E-state index in [0.29, 0.717) is 18.1 Å². The summed E-state index contributed by atoms with van der Waals surface area (Å²) in [6.07, 6.45) is 5.76. The van der Waals surface area contributed by atoms with E-state index in [4.69, 9.17) is 14.1 Å². The maximum absolute atomic E-state index is 12.2. The minimum atomic E-state index is 0.0399. The first-order valence-corrected chi connectivity index (χ1v) is 8.98. The number of furan rings is 1. The number of aryl methyl sites for hydroxylation is 1. The van der Waals surface area contributed by atoms with E-state index in [1.807, 2.05) is 21.7 Å². The number of hydrogen-bond donors (Lipinski definition) is 0. The molecule has 136 valence electrons. The largest absolute Gasteiger partial charge is 0.461 e. The second-order valence-corrected chi connectivity index (χ2v) is 6.46. The van der Waals surface area contributed by atoms with Gasteiger partial charge in [0.05, 0.1) is 6.26 Å². The van der Waals surface area contributed by atoms with E-state index in [2.05, 4.69) is 12.0 Å². The number of rotatable bonds is 7. The number of amides is 1. The molecule has 2 aromatic rings. The fourth-order valence-corrected chi connectivity index (χ4v) is 3.27. The van der Waals surface area contributed by atoms with Crippen LogP contribution in [0.15, 0.2) is 22.8 Å². The van der Waals surface area contributed by atoms with E-state index >= 15 is 0 Å². The van der Waals surface area contributed by atoms with Crippen LogP contribution in [-0.2, 0) is 16.1 Å². The molecule has 1 amide bonds. The number of carbonyl (C=O) groups excluding carboxylic acids is 1. The molecular weight excluding hydrogens is 320 g/mol. The zero-order chi connectivity index (χ0) is 17.6. The average molecular weight is 346 g/mol. The van der Waals surface area contributed by atoms with Crippen LogP contribution in [0.2, 0.25) is 0 Å². The van der Waals surface area contributed by atoms with E-state index in [1.54, 1.807) is 13.4 Å². The van der Waals surface area contributed by atoms with Crippen LogP contribution in [0.5, 0.6) is 0 Å². The van der Waals surface area contributed by atoms with Gasteiger partial charge in [-0.1, -0.05) is 13.3 Å². The zero-order valence-electron chi connectivity index (χ0n) is 15.0. The fraction of sp³-hybridized carbons (Fsp3) is 0.611. The van der Waals surface area contributed by atoms with Gasteiger partial charge in [-0.2, -0.15) is 0 Å². The van der Waals surface area contributed by atoms with Crippen LogP contribution < -0.4 is 0 Å². The highest BCUT2D eigenvalue weighted by Crippen LogP contribution is 2.28. The molecule has 1 saturated heterocycles. The van der Waals surface area contributed by atoms with Gasteiger partial charge in [-0.25, -0.2) is 9.67 Å². The van der Waals surface area contributed by atoms with Crippen molar-refractivity contribution in [2.75, 3.05) is 26.8 Å². The maximum Gasteiger partial charge on any atom is 0.248 e. The molecule has 3 heterocycles. The molecule has 0 aliphatic carbocycles. The van der Waals surface area contributed by atoms with E-state index in [0.717, 1.165) is 44.6 Å². The molecule has 1 fully saturated rings. The van der Waals surface area contributed by atoms with Crippen molar-refractivity contribution in [2.24, 2.45) is 0 Å². The van der Waals surface area contributed by atoms with Gasteiger partial charge in [0.25, 0.3) is 0 Å². The molecule has 25 heavy (non-hydrogen) atoms. The lowest BCUT2D eigenvalue weighted by molar-refractivity contribution is -0.136. The Morgan fingerprint density at radius 3 is 3.08 bits per heavy atom. The first kappa shape index (κ1) is 17.7. The topological polar surface area (TPSA) is 73.4 Å². The monoisotopic (exact) mass is 346 g/mol. The molecule has 0 bridgehead atoms. The molecule has 3 rings (SSSR count). The van der Waals surface area contributed by atoms with Gasteiger partial charge in [-0.15, -0.1) is 5.10 Å². The molecule has 7 heteroatoms. The number of ether oxygens (including phenoxy) is 1. The normalized spacial score (nSPS) is 17.8. The summed E-state index contributed by atoms with van der Waals surface area (Å²) >= 11 is 0. The highest BCUT2D eigenvalue weighted by atomic mass is 16.5. The summed E-state index contributed by atoms with van der Waals surface area (Å²) in [7, 11) is 1.55. The standard InChI is InChI=1S/C18H26N4O3/c1-3-4-10-22-18(19-17(20-22)15-8-6-11-25-15)14-7-5-9-21(12-14)16(23)13-24-2/h6,8,11,14H,3-5,7,9-10,12-13H2,1-2H3. The zero-order valence-corrected chi connectivity index (χ0v) is 15.0. The molecule has 0 saturated carbocycles. The summed E-state index contributed by atoms with van der Waals surface area (Å²) in [4.78, 5) is 18.8. The number of likely N-dealkylation sites (tertiary alicyclic amines) is 1. The van der Waals surface area contributed by atoms with Crippen molar-refractivity contribution in [1.29, 1.82) is 0 Å². The van der Waals surface area contributed by atoms with Crippen molar-refractivity contribution in [1.82, 2.24) is 19.7 Å². The van der Waals surface area contributed by atoms with Crippen molar-refractivity contribution in [2.45, 2.75) is 45.1 Å². The molecular formula is C18H26N4O3. The Labute approximate surface area is 148 Å². The van der Waals surface area contributed by atoms with Crippen molar-refractivity contribution in [3.8, 4) is 11.6 Å². The number of methoxy groups -OCH3 is 1. The van der Waals surface area contributed by atoms with E-state index in [-0.39, 0.29) is 18.4 Å². The lowest BCUT2D eigenvalue weighted by Gasteiger charge is -2.32. The first-order valence-electron chi connectivity index (χ1n) is 8.98. The van der Waals surface area contributed by atoms with E-state index in [9.17, 15) is 4.79 Å². The Kier molecular flexibility index (Phi) is 5.86. The summed E-state index contributed by atoms with van der Waals surface area (Å²) in [6.45, 7) is 4.59. The molecule has 0 spiro atoms. The number of unbranched alkanes of at least 4 members (excludes halogenated alkanes) is 1. The predicted molar refractivity (Wildman–Crippen MR) is 93.1 cm³/mol. The number of hydrogen-bond acceptors (Lipinski definition) is 5. The summed E-state index contributed by atoms with van der Waals surface area (Å²) in [5.41, 5.74) is 0. The predicted octanol–water partition coefficient (Wildman–Crippen LogP) is 2.69. The van der Waals surface area contributed by atoms with Gasteiger partial charge in [0.1, 0.15) is 12.4 Å². The molecule has 0 aromatic carbocycles. The van der Waals surface area contributed by atoms with Crippen molar-refractivity contribution in [3.05, 3.63) is 24.2 Å². The highest BCUT2D eigenvalue weighted by Gasteiger charge is 2.29. The molecule has 1 aliphatic rings. The van der Waals surface area contributed by atoms with E-state index < -0.39 is 0 Å². The second-order valence-electron chi connectivity index (χ2n) is 6.46. The Hall–Kier alpha value is -2.15. The Balaban J connectivity index is 1.82. The van der Waals surface area contributed by atoms with Gasteiger partial charge in [0.2, 0.25) is 11.7 Å². The van der Waals surface area contributed by atoms with Crippen molar-refractivity contribution < 1.29 is 13.9 Å². The smallest absolute Gasteiger partial charge is 0.248 e. The average Bonchev–Trinajstić information content (AvgIpc) is 3.29. The van der Waals surface area contributed by atoms with Gasteiger partial charge in [0.15, 0.2) is 5.76 Å². The first-order chi connectivity index (χ1) is 12.2. The lowest BCUT2D eigenvalue weighted by atomic mass is 9.97. The highest BCUT2D eigenvalue weighted by molar-refractivity contribution is 5.77. The third kappa shape index (κ3) is 4.10. The summed E-state index contributed by atoms with van der Waals surface area (Å²) < 4.78 is 12.4. The summed E-state index contributed by atoms with van der Waals surface area (Å²) in [6, 6.07) is 3.71. The van der Waals surface area contributed by atoms with Gasteiger partial charge < -0.3 is 14.1 Å². The number of carbonyl (C=O) groups is 1. The van der Waals surface area contributed by atoms with Crippen LogP contribution in [-0.4, -0.2) is 52.4 Å². The molecule has 2 aromatic heterocycles. The Bertz CT molecular complexity index is 681. The van der Waals surface area contributed by atoms with Gasteiger partial charge in [-0.05, 0) is 31.4 Å². The Morgan fingerprint density at radius 2 is 2.36 bits per heavy atom. The van der Waals surface area contributed by atoms with Crippen LogP contribution >= 0.6 is 0 Å². The third-order valence-corrected chi connectivity index (χ3v) is 4.57. The van der Waals surface area contributed by atoms with Gasteiger partial charge in [0, 0.05) is 32.7 Å². The van der Waals surface area contributed by atoms with Crippen molar-refractivity contribution in [3.63, 3.8) is 0 Å². The quantitative estimate of drug-likeness (QED) is 0.771. The summed E-state index contributed by atoms with van der Waals surface area (Å²) in [5, 5.41) is 4.66. The van der Waals surface area contributed by atoms with Crippen LogP contribution in [0.4, 0.5) is 0 Å². The molecule has 1 aliphatic heterocycles. The second kappa shape index (κ2) is 8.29. The SMILES string of the molecule is CCCCn1nc(-c2ccco2)nc1C1CCCN(C(=O)COC)C1. The summed E-state index contributed by atoms with van der Waals surface area (Å²) in [5.74, 6) is 2.49. The molecule has 1 unspecified atom stereocenters. The van der Waals surface area contributed by atoms with Crippen LogP contribution in [0, 0.1) is 0 Å². The molecule has 7 nitrogen and oxygen atoms in total. The maximum atomic E-state index is 12.2. The molecule has 0 N–H and O–H groups in total. The number of aromatic nitrogens is 3.